The van der Waals surface area contributed by atoms with Crippen molar-refractivity contribution in [2.75, 3.05) is 27.7 Å². The van der Waals surface area contributed by atoms with Gasteiger partial charge in [-0.1, -0.05) is 12.2 Å². The fourth-order valence-electron chi connectivity index (χ4n) is 3.11. The molecule has 0 amide bonds. The molecule has 0 aromatic heterocycles. The Morgan fingerprint density at radius 1 is 1.33 bits per heavy atom. The van der Waals surface area contributed by atoms with Crippen molar-refractivity contribution in [2.45, 2.75) is 31.3 Å². The zero-order chi connectivity index (χ0) is 15.6. The van der Waals surface area contributed by atoms with Gasteiger partial charge in [0.1, 0.15) is 10.8 Å². The molecule has 5 heteroatoms. The maximum atomic E-state index is 13.5. The second-order valence-electron chi connectivity index (χ2n) is 6.31. The van der Waals surface area contributed by atoms with E-state index >= 15 is 0 Å². The summed E-state index contributed by atoms with van der Waals surface area (Å²) in [4.78, 5) is 4.87. The van der Waals surface area contributed by atoms with Crippen molar-refractivity contribution in [3.8, 4) is 0 Å². The van der Waals surface area contributed by atoms with Gasteiger partial charge in [0, 0.05) is 24.2 Å². The van der Waals surface area contributed by atoms with Crippen LogP contribution in [0.3, 0.4) is 0 Å². The van der Waals surface area contributed by atoms with Crippen LogP contribution in [0.25, 0.3) is 0 Å². The van der Waals surface area contributed by atoms with Crippen LogP contribution in [-0.2, 0) is 6.54 Å². The highest BCUT2D eigenvalue weighted by Crippen LogP contribution is 2.36. The van der Waals surface area contributed by atoms with Crippen LogP contribution in [0.15, 0.2) is 18.2 Å². The van der Waals surface area contributed by atoms with Crippen LogP contribution in [0, 0.1) is 5.82 Å². The lowest BCUT2D eigenvalue weighted by Gasteiger charge is -2.49. The molecular weight excluding hydrogens is 285 g/mol. The largest absolute Gasteiger partial charge is 0.389 e. The Bertz CT molecular complexity index is 526. The van der Waals surface area contributed by atoms with Gasteiger partial charge in [-0.05, 0) is 64.2 Å². The van der Waals surface area contributed by atoms with Gasteiger partial charge in [-0.2, -0.15) is 0 Å². The van der Waals surface area contributed by atoms with E-state index in [9.17, 15) is 4.39 Å². The van der Waals surface area contributed by atoms with Crippen molar-refractivity contribution < 1.29 is 4.39 Å². The van der Waals surface area contributed by atoms with Gasteiger partial charge in [-0.3, -0.25) is 0 Å². The number of rotatable bonds is 6. The molecule has 116 valence electrons. The molecular formula is C16H24FN3S. The monoisotopic (exact) mass is 309 g/mol. The Morgan fingerprint density at radius 3 is 2.48 bits per heavy atom. The minimum Gasteiger partial charge on any atom is -0.389 e. The third-order valence-electron chi connectivity index (χ3n) is 4.57. The van der Waals surface area contributed by atoms with Gasteiger partial charge in [-0.25, -0.2) is 4.39 Å². The van der Waals surface area contributed by atoms with Crippen molar-refractivity contribution in [1.82, 2.24) is 9.80 Å². The van der Waals surface area contributed by atoms with Crippen molar-refractivity contribution in [1.29, 1.82) is 0 Å². The number of hydrogen-bond donors (Lipinski definition) is 1. The molecule has 1 aliphatic rings. The van der Waals surface area contributed by atoms with E-state index < -0.39 is 0 Å². The van der Waals surface area contributed by atoms with Crippen molar-refractivity contribution in [3.63, 3.8) is 0 Å². The van der Waals surface area contributed by atoms with E-state index in [0.717, 1.165) is 17.7 Å². The number of halogens is 1. The maximum absolute atomic E-state index is 13.5. The average molecular weight is 309 g/mol. The van der Waals surface area contributed by atoms with Crippen LogP contribution in [0.1, 0.15) is 30.4 Å². The molecule has 21 heavy (non-hydrogen) atoms. The average Bonchev–Trinajstić information content (AvgIpc) is 2.33. The molecule has 0 atom stereocenters. The normalized spacial score (nSPS) is 17.0. The number of nitrogens with zero attached hydrogens (tertiary/aromatic N) is 2. The smallest absolute Gasteiger partial charge is 0.123 e. The molecule has 2 rings (SSSR count). The number of hydrogen-bond acceptors (Lipinski definition) is 3. The molecule has 1 saturated carbocycles. The highest BCUT2D eigenvalue weighted by atomic mass is 32.1. The number of likely N-dealkylation sites (N-methyl/N-ethyl adjacent to an activating group) is 2. The number of thiocarbonyl (C=S) groups is 1. The van der Waals surface area contributed by atoms with E-state index in [1.54, 1.807) is 6.07 Å². The van der Waals surface area contributed by atoms with E-state index in [2.05, 4.69) is 30.9 Å². The Morgan fingerprint density at radius 2 is 2.00 bits per heavy atom. The summed E-state index contributed by atoms with van der Waals surface area (Å²) < 4.78 is 13.5. The fourth-order valence-corrected chi connectivity index (χ4v) is 3.31. The molecule has 2 N–H and O–H groups in total. The van der Waals surface area contributed by atoms with Crippen LogP contribution >= 0.6 is 12.2 Å². The summed E-state index contributed by atoms with van der Waals surface area (Å²) in [5, 5.41) is 0. The molecule has 1 aliphatic carbocycles. The zero-order valence-corrected chi connectivity index (χ0v) is 13.8. The zero-order valence-electron chi connectivity index (χ0n) is 13.0. The third kappa shape index (κ3) is 3.59. The third-order valence-corrected chi connectivity index (χ3v) is 4.79. The number of nitrogens with two attached hydrogens (primary N) is 1. The first kappa shape index (κ1) is 16.3. The van der Waals surface area contributed by atoms with E-state index in [4.69, 9.17) is 18.0 Å². The second kappa shape index (κ2) is 6.38. The molecule has 0 unspecified atom stereocenters. The van der Waals surface area contributed by atoms with E-state index in [1.165, 1.54) is 31.4 Å². The van der Waals surface area contributed by atoms with Gasteiger partial charge >= 0.3 is 0 Å². The quantitative estimate of drug-likeness (QED) is 0.818. The summed E-state index contributed by atoms with van der Waals surface area (Å²) in [7, 11) is 6.34. The molecule has 1 aromatic carbocycles. The van der Waals surface area contributed by atoms with E-state index in [-0.39, 0.29) is 11.4 Å². The predicted molar refractivity (Wildman–Crippen MR) is 88.9 cm³/mol. The van der Waals surface area contributed by atoms with Gasteiger partial charge in [0.25, 0.3) is 0 Å². The van der Waals surface area contributed by atoms with Crippen LogP contribution < -0.4 is 5.73 Å². The fraction of sp³-hybridized carbons (Fsp3) is 0.562. The van der Waals surface area contributed by atoms with Crippen LogP contribution in [-0.4, -0.2) is 48.0 Å². The predicted octanol–water partition coefficient (Wildman–Crippen LogP) is 2.38. The van der Waals surface area contributed by atoms with Gasteiger partial charge < -0.3 is 15.5 Å². The molecule has 3 nitrogen and oxygen atoms in total. The van der Waals surface area contributed by atoms with Gasteiger partial charge in [0.15, 0.2) is 0 Å². The highest BCUT2D eigenvalue weighted by Gasteiger charge is 2.39. The molecule has 0 saturated heterocycles. The standard InChI is InChI=1S/C16H24FN3S/c1-19(2)16(7-4-8-16)11-20(3)10-12-9-13(17)5-6-14(12)15(18)21/h5-6,9H,4,7-8,10-11H2,1-3H3,(H2,18,21). The molecule has 0 radical (unpaired) electrons. The van der Waals surface area contributed by atoms with Crippen molar-refractivity contribution in [3.05, 3.63) is 35.1 Å². The van der Waals surface area contributed by atoms with Crippen LogP contribution in [0.2, 0.25) is 0 Å². The summed E-state index contributed by atoms with van der Waals surface area (Å²) in [5.74, 6) is -0.246. The Hall–Kier alpha value is -1.04. The van der Waals surface area contributed by atoms with Gasteiger partial charge in [0.05, 0.1) is 0 Å². The maximum Gasteiger partial charge on any atom is 0.123 e. The van der Waals surface area contributed by atoms with E-state index in [1.807, 2.05) is 0 Å². The summed E-state index contributed by atoms with van der Waals surface area (Å²) in [6.45, 7) is 1.62. The van der Waals surface area contributed by atoms with Gasteiger partial charge in [0.2, 0.25) is 0 Å². The minimum atomic E-state index is -0.246. The lowest BCUT2D eigenvalue weighted by molar-refractivity contribution is 0.0258. The first-order valence-electron chi connectivity index (χ1n) is 7.28. The summed E-state index contributed by atoms with van der Waals surface area (Å²) in [5.41, 5.74) is 7.62. The Balaban J connectivity index is 2.11. The number of benzene rings is 1. The first-order chi connectivity index (χ1) is 9.84. The topological polar surface area (TPSA) is 32.5 Å². The Kier molecular flexibility index (Phi) is 4.96. The first-order valence-corrected chi connectivity index (χ1v) is 7.69. The minimum absolute atomic E-state index is 0.246. The molecule has 0 spiro atoms. The molecule has 0 aliphatic heterocycles. The van der Waals surface area contributed by atoms with Crippen LogP contribution in [0.5, 0.6) is 0 Å². The highest BCUT2D eigenvalue weighted by molar-refractivity contribution is 7.80. The SMILES string of the molecule is CN(Cc1cc(F)ccc1C(N)=S)CC1(N(C)C)CCC1. The summed E-state index contributed by atoms with van der Waals surface area (Å²) in [6, 6.07) is 4.62. The molecule has 0 heterocycles. The second-order valence-corrected chi connectivity index (χ2v) is 6.75. The summed E-state index contributed by atoms with van der Waals surface area (Å²) >= 11 is 5.06. The molecule has 0 bridgehead atoms. The summed E-state index contributed by atoms with van der Waals surface area (Å²) in [6.07, 6.45) is 3.72. The lowest BCUT2D eigenvalue weighted by Crippen LogP contribution is -2.56. The Labute approximate surface area is 131 Å². The van der Waals surface area contributed by atoms with E-state index in [0.29, 0.717) is 11.5 Å². The molecule has 1 fully saturated rings. The molecule has 1 aromatic rings. The lowest BCUT2D eigenvalue weighted by atomic mass is 9.75. The van der Waals surface area contributed by atoms with Crippen LogP contribution in [0.4, 0.5) is 4.39 Å². The van der Waals surface area contributed by atoms with Gasteiger partial charge in [-0.15, -0.1) is 0 Å². The van der Waals surface area contributed by atoms with Crippen molar-refractivity contribution in [2.24, 2.45) is 5.73 Å². The van der Waals surface area contributed by atoms with Crippen molar-refractivity contribution >= 4 is 17.2 Å².